The molecule has 5 nitrogen and oxygen atoms in total. The Hall–Kier alpha value is -2.41. The van der Waals surface area contributed by atoms with Gasteiger partial charge in [-0.15, -0.1) is 0 Å². The van der Waals surface area contributed by atoms with Gasteiger partial charge in [0.15, 0.2) is 4.80 Å². The Labute approximate surface area is 175 Å². The van der Waals surface area contributed by atoms with Crippen LogP contribution >= 0.6 is 34.5 Å². The van der Waals surface area contributed by atoms with E-state index < -0.39 is 11.9 Å². The average molecular weight is 435 g/mol. The molecule has 0 spiro atoms. The van der Waals surface area contributed by atoms with E-state index in [-0.39, 0.29) is 13.2 Å². The van der Waals surface area contributed by atoms with Crippen LogP contribution in [0.25, 0.3) is 16.3 Å². The van der Waals surface area contributed by atoms with Crippen molar-refractivity contribution in [3.63, 3.8) is 0 Å². The summed E-state index contributed by atoms with van der Waals surface area (Å²) in [6.07, 6.45) is 3.06. The number of esters is 1. The van der Waals surface area contributed by atoms with Crippen molar-refractivity contribution in [3.05, 3.63) is 69.0 Å². The molecule has 0 unspecified atom stereocenters. The third-order valence-electron chi connectivity index (χ3n) is 3.75. The van der Waals surface area contributed by atoms with Crippen LogP contribution in [0, 0.1) is 0 Å². The van der Waals surface area contributed by atoms with Crippen LogP contribution in [0.1, 0.15) is 12.5 Å². The maximum Gasteiger partial charge on any atom is 0.326 e. The standard InChI is InChI=1S/C20H16Cl2N2O3S/c1-2-27-17(26)12-24-19-15(10-9-14(21)18(19)22)28-20(24)23-16(25)11-8-13-6-4-3-5-7-13/h3-11H,2,12H2,1H3/b11-8+,23-20?. The van der Waals surface area contributed by atoms with Crippen molar-refractivity contribution in [1.82, 2.24) is 4.57 Å². The molecule has 0 fully saturated rings. The Balaban J connectivity index is 2.04. The Morgan fingerprint density at radius 1 is 1.18 bits per heavy atom. The minimum atomic E-state index is -0.452. The number of benzene rings is 2. The van der Waals surface area contributed by atoms with E-state index in [0.717, 1.165) is 10.3 Å². The maximum absolute atomic E-state index is 12.3. The van der Waals surface area contributed by atoms with Gasteiger partial charge in [0, 0.05) is 6.08 Å². The van der Waals surface area contributed by atoms with Crippen LogP contribution in [0.2, 0.25) is 10.0 Å². The second-order valence-corrected chi connectivity index (χ2v) is 7.47. The molecule has 3 rings (SSSR count). The largest absolute Gasteiger partial charge is 0.465 e. The molecule has 0 saturated carbocycles. The number of carbonyl (C=O) groups is 2. The molecule has 1 amide bonds. The number of halogens is 2. The first kappa shape index (κ1) is 20.3. The van der Waals surface area contributed by atoms with Crippen molar-refractivity contribution >= 4 is 62.7 Å². The molecule has 8 heteroatoms. The molecule has 0 bridgehead atoms. The molecule has 28 heavy (non-hydrogen) atoms. The summed E-state index contributed by atoms with van der Waals surface area (Å²) in [5.41, 5.74) is 1.43. The Kier molecular flexibility index (Phi) is 6.67. The summed E-state index contributed by atoms with van der Waals surface area (Å²) in [7, 11) is 0. The smallest absolute Gasteiger partial charge is 0.326 e. The topological polar surface area (TPSA) is 60.7 Å². The number of rotatable bonds is 5. The average Bonchev–Trinajstić information content (AvgIpc) is 3.02. The first-order chi connectivity index (χ1) is 13.5. The number of thiazole rings is 1. The fourth-order valence-corrected chi connectivity index (χ4v) is 4.05. The summed E-state index contributed by atoms with van der Waals surface area (Å²) in [6, 6.07) is 12.9. The number of amides is 1. The predicted molar refractivity (Wildman–Crippen MR) is 113 cm³/mol. The highest BCUT2D eigenvalue weighted by Crippen LogP contribution is 2.32. The first-order valence-electron chi connectivity index (χ1n) is 8.44. The SMILES string of the molecule is CCOC(=O)Cn1c(=NC(=O)/C=C/c2ccccc2)sc2ccc(Cl)c(Cl)c21. The number of ether oxygens (including phenoxy) is 1. The lowest BCUT2D eigenvalue weighted by Gasteiger charge is -2.06. The van der Waals surface area contributed by atoms with Gasteiger partial charge in [0.05, 0.1) is 26.9 Å². The van der Waals surface area contributed by atoms with Crippen molar-refractivity contribution in [2.24, 2.45) is 4.99 Å². The van der Waals surface area contributed by atoms with Gasteiger partial charge >= 0.3 is 5.97 Å². The van der Waals surface area contributed by atoms with Crippen molar-refractivity contribution in [2.75, 3.05) is 6.61 Å². The van der Waals surface area contributed by atoms with Gasteiger partial charge in [-0.1, -0.05) is 64.9 Å². The fraction of sp³-hybridized carbons (Fsp3) is 0.150. The second-order valence-electron chi connectivity index (χ2n) is 5.68. The zero-order chi connectivity index (χ0) is 20.1. The lowest BCUT2D eigenvalue weighted by molar-refractivity contribution is -0.143. The molecule has 144 valence electrons. The molecular weight excluding hydrogens is 419 g/mol. The molecule has 0 saturated heterocycles. The van der Waals surface area contributed by atoms with Gasteiger partial charge in [0.25, 0.3) is 5.91 Å². The van der Waals surface area contributed by atoms with Crippen LogP contribution in [0.4, 0.5) is 0 Å². The minimum absolute atomic E-state index is 0.123. The van der Waals surface area contributed by atoms with Crippen LogP contribution < -0.4 is 4.80 Å². The van der Waals surface area contributed by atoms with E-state index >= 15 is 0 Å². The number of hydrogen-bond acceptors (Lipinski definition) is 4. The van der Waals surface area contributed by atoms with Crippen molar-refractivity contribution in [3.8, 4) is 0 Å². The van der Waals surface area contributed by atoms with Crippen molar-refractivity contribution in [2.45, 2.75) is 13.5 Å². The molecule has 0 aliphatic rings. The summed E-state index contributed by atoms with van der Waals surface area (Å²) < 4.78 is 7.35. The van der Waals surface area contributed by atoms with Crippen LogP contribution in [0.5, 0.6) is 0 Å². The van der Waals surface area contributed by atoms with Gasteiger partial charge in [-0.3, -0.25) is 9.59 Å². The second kappa shape index (κ2) is 9.19. The molecule has 0 radical (unpaired) electrons. The monoisotopic (exact) mass is 434 g/mol. The summed E-state index contributed by atoms with van der Waals surface area (Å²) in [5.74, 6) is -0.901. The molecule has 3 aromatic rings. The summed E-state index contributed by atoms with van der Waals surface area (Å²) in [6.45, 7) is 1.85. The van der Waals surface area contributed by atoms with Crippen LogP contribution in [0.15, 0.2) is 53.5 Å². The van der Waals surface area contributed by atoms with E-state index in [1.165, 1.54) is 17.4 Å². The molecule has 1 heterocycles. The first-order valence-corrected chi connectivity index (χ1v) is 10.0. The maximum atomic E-state index is 12.3. The highest BCUT2D eigenvalue weighted by molar-refractivity contribution is 7.16. The van der Waals surface area contributed by atoms with Gasteiger partial charge in [-0.2, -0.15) is 4.99 Å². The van der Waals surface area contributed by atoms with Gasteiger partial charge in [-0.05, 0) is 30.7 Å². The number of fused-ring (bicyclic) bond motifs is 1. The van der Waals surface area contributed by atoms with Crippen molar-refractivity contribution < 1.29 is 14.3 Å². The van der Waals surface area contributed by atoms with Gasteiger partial charge in [0.1, 0.15) is 6.54 Å². The molecule has 0 atom stereocenters. The van der Waals surface area contributed by atoms with E-state index in [2.05, 4.69) is 4.99 Å². The third-order valence-corrected chi connectivity index (χ3v) is 5.59. The summed E-state index contributed by atoms with van der Waals surface area (Å²) in [5, 5.41) is 0.653. The zero-order valence-electron chi connectivity index (χ0n) is 14.9. The number of aromatic nitrogens is 1. The lowest BCUT2D eigenvalue weighted by Crippen LogP contribution is -2.23. The Morgan fingerprint density at radius 3 is 2.64 bits per heavy atom. The lowest BCUT2D eigenvalue weighted by atomic mass is 10.2. The van der Waals surface area contributed by atoms with E-state index in [1.807, 2.05) is 30.3 Å². The number of nitrogens with zero attached hydrogens (tertiary/aromatic N) is 2. The van der Waals surface area contributed by atoms with E-state index in [0.29, 0.717) is 20.4 Å². The predicted octanol–water partition coefficient (Wildman–Crippen LogP) is 4.71. The zero-order valence-corrected chi connectivity index (χ0v) is 17.2. The molecule has 0 aliphatic heterocycles. The minimum Gasteiger partial charge on any atom is -0.465 e. The third kappa shape index (κ3) is 4.70. The molecular formula is C20H16Cl2N2O3S. The number of hydrogen-bond donors (Lipinski definition) is 0. The molecule has 1 aromatic heterocycles. The normalized spacial score (nSPS) is 12.0. The molecule has 0 N–H and O–H groups in total. The number of carbonyl (C=O) groups excluding carboxylic acids is 2. The van der Waals surface area contributed by atoms with Gasteiger partial charge < -0.3 is 9.30 Å². The summed E-state index contributed by atoms with van der Waals surface area (Å²) in [4.78, 5) is 28.9. The molecule has 0 aliphatic carbocycles. The molecule has 2 aromatic carbocycles. The van der Waals surface area contributed by atoms with Gasteiger partial charge in [-0.25, -0.2) is 0 Å². The van der Waals surface area contributed by atoms with Gasteiger partial charge in [0.2, 0.25) is 0 Å². The van der Waals surface area contributed by atoms with Crippen LogP contribution in [-0.2, 0) is 20.9 Å². The van der Waals surface area contributed by atoms with Crippen LogP contribution in [-0.4, -0.2) is 23.1 Å². The van der Waals surface area contributed by atoms with E-state index in [9.17, 15) is 9.59 Å². The highest BCUT2D eigenvalue weighted by atomic mass is 35.5. The Bertz CT molecular complexity index is 1120. The summed E-state index contributed by atoms with van der Waals surface area (Å²) >= 11 is 13.7. The van der Waals surface area contributed by atoms with E-state index in [4.69, 9.17) is 27.9 Å². The van der Waals surface area contributed by atoms with E-state index in [1.54, 1.807) is 29.7 Å². The highest BCUT2D eigenvalue weighted by Gasteiger charge is 2.16. The Morgan fingerprint density at radius 2 is 1.93 bits per heavy atom. The van der Waals surface area contributed by atoms with Crippen LogP contribution in [0.3, 0.4) is 0 Å². The van der Waals surface area contributed by atoms with Crippen molar-refractivity contribution in [1.29, 1.82) is 0 Å². The quantitative estimate of drug-likeness (QED) is 0.431. The fourth-order valence-electron chi connectivity index (χ4n) is 2.53.